The van der Waals surface area contributed by atoms with Crippen LogP contribution in [0, 0.1) is 0 Å². The van der Waals surface area contributed by atoms with Crippen LogP contribution in [0.25, 0.3) is 0 Å². The standard InChI is InChI=1S/C16H21ClN6O2/c1-12(10-19-16(17)18-2)20-14(24)11-23-15(25)7-6-13(21-23)22-8-4-3-5-9-22/h6-7,10H,2-5,8-9,11H2,1H3,(H,20,24)/b12-10+,19-16-. The van der Waals surface area contributed by atoms with E-state index in [-0.39, 0.29) is 23.3 Å². The molecule has 9 heteroatoms. The highest BCUT2D eigenvalue weighted by Crippen LogP contribution is 2.15. The van der Waals surface area contributed by atoms with Crippen LogP contribution in [0.1, 0.15) is 26.2 Å². The summed E-state index contributed by atoms with van der Waals surface area (Å²) >= 11 is 5.59. The highest BCUT2D eigenvalue weighted by Gasteiger charge is 2.14. The summed E-state index contributed by atoms with van der Waals surface area (Å²) in [7, 11) is 0. The number of hydrogen-bond donors (Lipinski definition) is 1. The fraction of sp³-hybridized carbons (Fsp3) is 0.438. The van der Waals surface area contributed by atoms with Crippen molar-refractivity contribution >= 4 is 35.3 Å². The van der Waals surface area contributed by atoms with E-state index in [2.05, 4.69) is 32.0 Å². The quantitative estimate of drug-likeness (QED) is 0.487. The first-order valence-corrected chi connectivity index (χ1v) is 8.37. The molecule has 0 saturated carbocycles. The van der Waals surface area contributed by atoms with Crippen molar-refractivity contribution in [2.45, 2.75) is 32.7 Å². The molecule has 8 nitrogen and oxygen atoms in total. The van der Waals surface area contributed by atoms with E-state index in [0.29, 0.717) is 11.5 Å². The highest BCUT2D eigenvalue weighted by atomic mass is 35.5. The molecule has 2 heterocycles. The van der Waals surface area contributed by atoms with Crippen molar-refractivity contribution in [1.82, 2.24) is 15.1 Å². The zero-order valence-electron chi connectivity index (χ0n) is 14.1. The van der Waals surface area contributed by atoms with E-state index < -0.39 is 0 Å². The van der Waals surface area contributed by atoms with Gasteiger partial charge in [0.25, 0.3) is 5.56 Å². The number of nitrogens with one attached hydrogen (secondary N) is 1. The van der Waals surface area contributed by atoms with Crippen molar-refractivity contribution in [2.24, 2.45) is 9.98 Å². The molecule has 0 atom stereocenters. The summed E-state index contributed by atoms with van der Waals surface area (Å²) in [4.78, 5) is 33.4. The smallest absolute Gasteiger partial charge is 0.267 e. The molecule has 0 unspecified atom stereocenters. The molecule has 0 spiro atoms. The predicted octanol–water partition coefficient (Wildman–Crippen LogP) is 1.51. The lowest BCUT2D eigenvalue weighted by Gasteiger charge is -2.27. The molecule has 1 aliphatic heterocycles. The van der Waals surface area contributed by atoms with Gasteiger partial charge >= 0.3 is 0 Å². The van der Waals surface area contributed by atoms with Gasteiger partial charge in [-0.2, -0.15) is 5.10 Å². The number of aromatic nitrogens is 2. The lowest BCUT2D eigenvalue weighted by molar-refractivity contribution is -0.121. The molecular weight excluding hydrogens is 344 g/mol. The summed E-state index contributed by atoms with van der Waals surface area (Å²) in [5.74, 6) is 0.338. The molecule has 1 aromatic rings. The lowest BCUT2D eigenvalue weighted by atomic mass is 10.1. The summed E-state index contributed by atoms with van der Waals surface area (Å²) in [6.45, 7) is 6.53. The third kappa shape index (κ3) is 5.82. The van der Waals surface area contributed by atoms with Crippen LogP contribution in [0.5, 0.6) is 0 Å². The number of anilines is 1. The highest BCUT2D eigenvalue weighted by molar-refractivity contribution is 6.65. The number of amides is 1. The number of halogens is 1. The van der Waals surface area contributed by atoms with Gasteiger partial charge in [0.05, 0.1) is 0 Å². The number of carbonyl (C=O) groups excluding carboxylic acids is 1. The van der Waals surface area contributed by atoms with Gasteiger partial charge in [0.1, 0.15) is 12.4 Å². The summed E-state index contributed by atoms with van der Waals surface area (Å²) < 4.78 is 1.16. The van der Waals surface area contributed by atoms with Crippen LogP contribution in [0.15, 0.2) is 38.8 Å². The van der Waals surface area contributed by atoms with E-state index in [1.165, 1.54) is 18.7 Å². The number of piperidine rings is 1. The third-order valence-electron chi connectivity index (χ3n) is 3.66. The Labute approximate surface area is 150 Å². The van der Waals surface area contributed by atoms with Gasteiger partial charge in [-0.1, -0.05) is 0 Å². The van der Waals surface area contributed by atoms with Crippen molar-refractivity contribution in [3.8, 4) is 0 Å². The Kier molecular flexibility index (Phi) is 6.88. The SMILES string of the molecule is C=N/C(Cl)=N\C=C(/C)NC(=O)Cn1nc(N2CCCCC2)ccc1=O. The largest absolute Gasteiger partial charge is 0.355 e. The number of rotatable bonds is 5. The van der Waals surface area contributed by atoms with E-state index in [9.17, 15) is 9.59 Å². The van der Waals surface area contributed by atoms with Gasteiger partial charge in [-0.3, -0.25) is 9.59 Å². The first-order chi connectivity index (χ1) is 12.0. The van der Waals surface area contributed by atoms with E-state index >= 15 is 0 Å². The van der Waals surface area contributed by atoms with Crippen molar-refractivity contribution in [3.63, 3.8) is 0 Å². The number of carbonyl (C=O) groups is 1. The molecule has 25 heavy (non-hydrogen) atoms. The Balaban J connectivity index is 2.04. The van der Waals surface area contributed by atoms with Crippen LogP contribution in [0.3, 0.4) is 0 Å². The Morgan fingerprint density at radius 3 is 2.80 bits per heavy atom. The van der Waals surface area contributed by atoms with Gasteiger partial charge in [-0.05, 0) is 50.6 Å². The minimum absolute atomic E-state index is 0.0271. The van der Waals surface area contributed by atoms with Crippen LogP contribution in [-0.4, -0.2) is 40.8 Å². The number of hydrogen-bond acceptors (Lipinski definition) is 5. The Morgan fingerprint density at radius 1 is 1.40 bits per heavy atom. The zero-order chi connectivity index (χ0) is 18.2. The van der Waals surface area contributed by atoms with Gasteiger partial charge < -0.3 is 10.2 Å². The molecule has 1 N–H and O–H groups in total. The van der Waals surface area contributed by atoms with Gasteiger partial charge in [0, 0.05) is 31.1 Å². The monoisotopic (exact) mass is 364 g/mol. The maximum atomic E-state index is 12.1. The summed E-state index contributed by atoms with van der Waals surface area (Å²) in [5.41, 5.74) is 0.140. The Hall–Kier alpha value is -2.48. The van der Waals surface area contributed by atoms with Crippen molar-refractivity contribution in [2.75, 3.05) is 18.0 Å². The van der Waals surface area contributed by atoms with Crippen molar-refractivity contribution in [1.29, 1.82) is 0 Å². The molecule has 1 fully saturated rings. The minimum atomic E-state index is -0.378. The molecule has 0 bridgehead atoms. The van der Waals surface area contributed by atoms with Crippen LogP contribution in [-0.2, 0) is 11.3 Å². The van der Waals surface area contributed by atoms with Gasteiger partial charge in [-0.15, -0.1) is 0 Å². The molecule has 1 amide bonds. The average molecular weight is 365 g/mol. The van der Waals surface area contributed by atoms with E-state index in [4.69, 9.17) is 11.6 Å². The molecule has 2 rings (SSSR count). The Morgan fingerprint density at radius 2 is 2.12 bits per heavy atom. The van der Waals surface area contributed by atoms with E-state index in [0.717, 1.165) is 30.6 Å². The average Bonchev–Trinajstić information content (AvgIpc) is 2.62. The van der Waals surface area contributed by atoms with E-state index in [1.54, 1.807) is 13.0 Å². The third-order valence-corrected chi connectivity index (χ3v) is 3.87. The molecule has 1 aromatic heterocycles. The summed E-state index contributed by atoms with van der Waals surface area (Å²) in [5, 5.41) is 6.90. The van der Waals surface area contributed by atoms with Crippen LogP contribution >= 0.6 is 11.6 Å². The molecule has 0 radical (unpaired) electrons. The lowest BCUT2D eigenvalue weighted by Crippen LogP contribution is -2.36. The van der Waals surface area contributed by atoms with Gasteiger partial charge in [0.2, 0.25) is 11.2 Å². The first-order valence-electron chi connectivity index (χ1n) is 7.99. The Bertz CT molecular complexity index is 749. The summed E-state index contributed by atoms with van der Waals surface area (Å²) in [6, 6.07) is 3.14. The fourth-order valence-electron chi connectivity index (χ4n) is 2.46. The first kappa shape index (κ1) is 18.9. The minimum Gasteiger partial charge on any atom is -0.355 e. The zero-order valence-corrected chi connectivity index (χ0v) is 14.9. The number of nitrogens with zero attached hydrogens (tertiary/aromatic N) is 5. The van der Waals surface area contributed by atoms with Crippen molar-refractivity contribution < 1.29 is 4.79 Å². The van der Waals surface area contributed by atoms with Gasteiger partial charge in [-0.25, -0.2) is 14.7 Å². The second kappa shape index (κ2) is 9.12. The topological polar surface area (TPSA) is 91.9 Å². The second-order valence-corrected chi connectivity index (χ2v) is 5.99. The maximum absolute atomic E-state index is 12.1. The normalized spacial score (nSPS) is 15.8. The van der Waals surface area contributed by atoms with E-state index in [1.807, 2.05) is 0 Å². The molecular formula is C16H21ClN6O2. The maximum Gasteiger partial charge on any atom is 0.267 e. The van der Waals surface area contributed by atoms with Crippen molar-refractivity contribution in [3.05, 3.63) is 34.4 Å². The molecule has 0 aromatic carbocycles. The van der Waals surface area contributed by atoms with Gasteiger partial charge in [0.15, 0.2) is 0 Å². The number of amidine groups is 1. The predicted molar refractivity (Wildman–Crippen MR) is 99.3 cm³/mol. The fourth-order valence-corrected chi connectivity index (χ4v) is 2.51. The van der Waals surface area contributed by atoms with Crippen LogP contribution < -0.4 is 15.8 Å². The number of aliphatic imine (C=N–C) groups is 2. The molecule has 1 saturated heterocycles. The molecule has 134 valence electrons. The molecule has 0 aliphatic carbocycles. The molecule has 1 aliphatic rings. The summed E-state index contributed by atoms with van der Waals surface area (Å²) in [6.07, 6.45) is 4.77. The van der Waals surface area contributed by atoms with Crippen LogP contribution in [0.2, 0.25) is 0 Å². The number of allylic oxidation sites excluding steroid dienone is 1. The second-order valence-electron chi connectivity index (χ2n) is 5.65. The van der Waals surface area contributed by atoms with Crippen LogP contribution in [0.4, 0.5) is 5.82 Å².